The molecule has 0 saturated heterocycles. The van der Waals surface area contributed by atoms with Crippen molar-refractivity contribution in [2.75, 3.05) is 0 Å². The summed E-state index contributed by atoms with van der Waals surface area (Å²) in [5, 5.41) is 16.7. The molecule has 12 aromatic carbocycles. The van der Waals surface area contributed by atoms with Crippen LogP contribution in [0.4, 0.5) is 0 Å². The predicted octanol–water partition coefficient (Wildman–Crippen LogP) is 13.6. The van der Waals surface area contributed by atoms with Crippen LogP contribution in [0.3, 0.4) is 0 Å². The molecule has 0 radical (unpaired) electrons. The SMILES string of the molecule is [Pd].[c-]1ccc(P(c2ccccc2)c2ccccc2)cc1.c1ccc(P(c2ccccc2)c2ccccc2)cc1.c1ccc(P(c2ccccc2)c2ccccc2)cc1.c1ccc(P(c2ccccc2)c2ccccc2)cc1. The minimum Gasteiger partial charge on any atom is -0.184 e. The fraction of sp³-hybridized carbons (Fsp3) is 0. The second kappa shape index (κ2) is 31.3. The van der Waals surface area contributed by atoms with Crippen molar-refractivity contribution >= 4 is 95.3 Å². The zero-order valence-electron chi connectivity index (χ0n) is 42.7. The van der Waals surface area contributed by atoms with E-state index in [2.05, 4.69) is 352 Å². The summed E-state index contributed by atoms with van der Waals surface area (Å²) in [5.41, 5.74) is 0. The van der Waals surface area contributed by atoms with Crippen molar-refractivity contribution in [2.24, 2.45) is 0 Å². The first-order valence-corrected chi connectivity index (χ1v) is 30.9. The van der Waals surface area contributed by atoms with Gasteiger partial charge in [0.1, 0.15) is 0 Å². The van der Waals surface area contributed by atoms with Crippen molar-refractivity contribution in [3.8, 4) is 0 Å². The largest absolute Gasteiger partial charge is 0.184 e. The van der Waals surface area contributed by atoms with Gasteiger partial charge in [-0.3, -0.25) is 0 Å². The number of rotatable bonds is 12. The number of hydrogen-bond donors (Lipinski definition) is 0. The van der Waals surface area contributed by atoms with E-state index in [0.717, 1.165) is 0 Å². The molecule has 0 aliphatic heterocycles. The zero-order valence-corrected chi connectivity index (χ0v) is 47.8. The molecule has 12 rings (SSSR count). The molecule has 0 aromatic heterocycles. The van der Waals surface area contributed by atoms with Gasteiger partial charge in [-0.05, 0) is 90.0 Å². The number of benzene rings is 12. The van der Waals surface area contributed by atoms with Gasteiger partial charge in [0.2, 0.25) is 0 Å². The fourth-order valence-corrected chi connectivity index (χ4v) is 17.9. The molecule has 12 aromatic rings. The van der Waals surface area contributed by atoms with Gasteiger partial charge in [-0.25, -0.2) is 0 Å². The summed E-state index contributed by atoms with van der Waals surface area (Å²) in [4.78, 5) is 0. The van der Waals surface area contributed by atoms with E-state index in [1.165, 1.54) is 63.7 Å². The van der Waals surface area contributed by atoms with Gasteiger partial charge < -0.3 is 0 Å². The van der Waals surface area contributed by atoms with Gasteiger partial charge in [0.05, 0.1) is 0 Å². The molecular formula is C72H59P4Pd-. The van der Waals surface area contributed by atoms with Crippen LogP contribution in [0.2, 0.25) is 0 Å². The third kappa shape index (κ3) is 16.5. The first kappa shape index (κ1) is 56.2. The van der Waals surface area contributed by atoms with E-state index in [1.54, 1.807) is 0 Å². The summed E-state index contributed by atoms with van der Waals surface area (Å²) in [6.45, 7) is 0. The zero-order chi connectivity index (χ0) is 51.7. The molecule has 0 spiro atoms. The van der Waals surface area contributed by atoms with Gasteiger partial charge in [0.25, 0.3) is 0 Å². The normalized spacial score (nSPS) is 10.4. The van der Waals surface area contributed by atoms with Gasteiger partial charge >= 0.3 is 0 Å². The van der Waals surface area contributed by atoms with E-state index in [-0.39, 0.29) is 20.4 Å². The molecule has 0 fully saturated rings. The maximum atomic E-state index is 3.10. The van der Waals surface area contributed by atoms with Crippen molar-refractivity contribution in [2.45, 2.75) is 0 Å². The van der Waals surface area contributed by atoms with E-state index in [1.807, 2.05) is 12.1 Å². The molecule has 0 amide bonds. The molecule has 0 aliphatic carbocycles. The van der Waals surface area contributed by atoms with Gasteiger partial charge in [0, 0.05) is 20.4 Å². The van der Waals surface area contributed by atoms with Crippen LogP contribution in [-0.4, -0.2) is 0 Å². The second-order valence-electron chi connectivity index (χ2n) is 17.3. The first-order valence-electron chi connectivity index (χ1n) is 25.5. The van der Waals surface area contributed by atoms with Crippen LogP contribution >= 0.6 is 31.7 Å². The van der Waals surface area contributed by atoms with Crippen LogP contribution in [0.5, 0.6) is 0 Å². The maximum absolute atomic E-state index is 3.10. The third-order valence-electron chi connectivity index (χ3n) is 12.1. The Morgan fingerprint density at radius 2 is 0.247 bits per heavy atom. The summed E-state index contributed by atoms with van der Waals surface area (Å²) in [7, 11) is -1.80. The van der Waals surface area contributed by atoms with Gasteiger partial charge in [-0.1, -0.05) is 334 Å². The second-order valence-corrected chi connectivity index (χ2v) is 26.2. The average Bonchev–Trinajstić information content (AvgIpc) is 3.51. The Morgan fingerprint density at radius 1 is 0.143 bits per heavy atom. The van der Waals surface area contributed by atoms with Crippen molar-refractivity contribution in [1.82, 2.24) is 0 Å². The van der Waals surface area contributed by atoms with Crippen LogP contribution in [0.15, 0.2) is 358 Å². The third-order valence-corrected chi connectivity index (χ3v) is 21.9. The molecule has 0 nitrogen and oxygen atoms in total. The molecule has 378 valence electrons. The molecule has 0 N–H and O–H groups in total. The Bertz CT molecular complexity index is 2580. The van der Waals surface area contributed by atoms with Crippen LogP contribution < -0.4 is 63.7 Å². The summed E-state index contributed by atoms with van der Waals surface area (Å²) >= 11 is 0. The summed E-state index contributed by atoms with van der Waals surface area (Å²) in [5.74, 6) is 0. The van der Waals surface area contributed by atoms with E-state index >= 15 is 0 Å². The molecule has 77 heavy (non-hydrogen) atoms. The predicted molar refractivity (Wildman–Crippen MR) is 339 cm³/mol. The Morgan fingerprint density at radius 3 is 0.364 bits per heavy atom. The molecular weight excluding hydrogens is 1100 g/mol. The Labute approximate surface area is 476 Å². The van der Waals surface area contributed by atoms with Crippen molar-refractivity contribution < 1.29 is 20.4 Å². The molecule has 0 aliphatic rings. The molecule has 0 bridgehead atoms. The van der Waals surface area contributed by atoms with Crippen molar-refractivity contribution in [3.05, 3.63) is 364 Å². The van der Waals surface area contributed by atoms with E-state index in [0.29, 0.717) is 0 Å². The Kier molecular flexibility index (Phi) is 22.9. The summed E-state index contributed by atoms with van der Waals surface area (Å²) < 4.78 is 0. The van der Waals surface area contributed by atoms with Gasteiger partial charge in [0.15, 0.2) is 0 Å². The fourth-order valence-electron chi connectivity index (χ4n) is 8.66. The van der Waals surface area contributed by atoms with Crippen LogP contribution in [0.1, 0.15) is 0 Å². The molecule has 0 unspecified atom stereocenters. The van der Waals surface area contributed by atoms with Crippen LogP contribution in [0.25, 0.3) is 0 Å². The summed E-state index contributed by atoms with van der Waals surface area (Å²) in [6.07, 6.45) is 0. The number of hydrogen-bond acceptors (Lipinski definition) is 0. The monoisotopic (exact) mass is 1150 g/mol. The van der Waals surface area contributed by atoms with Gasteiger partial charge in [-0.2, -0.15) is 30.3 Å². The van der Waals surface area contributed by atoms with Crippen LogP contribution in [0, 0.1) is 6.07 Å². The van der Waals surface area contributed by atoms with Gasteiger partial charge in [-0.15, -0.1) is 5.30 Å². The Balaban J connectivity index is 0.000000135. The maximum Gasteiger partial charge on any atom is 0 e. The van der Waals surface area contributed by atoms with E-state index in [9.17, 15) is 0 Å². The molecule has 5 heteroatoms. The van der Waals surface area contributed by atoms with Crippen LogP contribution in [-0.2, 0) is 20.4 Å². The van der Waals surface area contributed by atoms with E-state index in [4.69, 9.17) is 0 Å². The van der Waals surface area contributed by atoms with Crippen molar-refractivity contribution in [3.63, 3.8) is 0 Å². The van der Waals surface area contributed by atoms with E-state index < -0.39 is 31.7 Å². The minimum absolute atomic E-state index is 0. The quantitative estimate of drug-likeness (QED) is 0.0650. The summed E-state index contributed by atoms with van der Waals surface area (Å²) in [6, 6.07) is 130. The van der Waals surface area contributed by atoms with Crippen molar-refractivity contribution in [1.29, 1.82) is 0 Å². The smallest absolute Gasteiger partial charge is 0 e. The minimum atomic E-state index is -0.466. The molecule has 0 atom stereocenters. The molecule has 0 heterocycles. The topological polar surface area (TPSA) is 0 Å². The average molecular weight is 1150 g/mol. The Hall–Kier alpha value is -6.98. The molecule has 0 saturated carbocycles. The first-order chi connectivity index (χ1) is 37.8. The standard InChI is InChI=1S/3C18H15P.C18H14P.Pd/c4*1-4-10-16(11-5-1)19(17-12-6-2-7-13-17)18-14-8-3-9-15-18;/h3*1-15H;1-2,4-15H;/q;;;-1;.